The van der Waals surface area contributed by atoms with E-state index in [1.54, 1.807) is 24.3 Å². The van der Waals surface area contributed by atoms with Crippen LogP contribution in [0.15, 0.2) is 24.3 Å². The van der Waals surface area contributed by atoms with Crippen LogP contribution in [0.1, 0.15) is 29.6 Å². The third-order valence-corrected chi connectivity index (χ3v) is 2.94. The van der Waals surface area contributed by atoms with Crippen molar-refractivity contribution in [3.63, 3.8) is 0 Å². The van der Waals surface area contributed by atoms with Gasteiger partial charge in [0.1, 0.15) is 12.4 Å². The van der Waals surface area contributed by atoms with E-state index in [1.807, 2.05) is 0 Å². The van der Waals surface area contributed by atoms with Crippen LogP contribution in [0, 0.1) is 0 Å². The fourth-order valence-electron chi connectivity index (χ4n) is 1.98. The fraction of sp³-hybridized carbons (Fsp3) is 0.462. The molecule has 4 nitrogen and oxygen atoms in total. The summed E-state index contributed by atoms with van der Waals surface area (Å²) in [6.45, 7) is 1.65. The zero-order chi connectivity index (χ0) is 12.1. The Hall–Kier alpha value is -1.55. The number of aromatic carboxylic acids is 1. The topological polar surface area (TPSA) is 58.6 Å². The molecule has 0 aromatic heterocycles. The lowest BCUT2D eigenvalue weighted by Crippen LogP contribution is -2.38. The van der Waals surface area contributed by atoms with Crippen molar-refractivity contribution in [1.29, 1.82) is 0 Å². The standard InChI is InChI=1S/C13H17NO3/c15-13(16)10-4-3-6-12(8-10)17-9-11-5-1-2-7-14-11/h3-4,6,8,11,14H,1-2,5,7,9H2,(H,15,16). The Morgan fingerprint density at radius 2 is 2.35 bits per heavy atom. The molecule has 1 unspecified atom stereocenters. The van der Waals surface area contributed by atoms with E-state index in [-0.39, 0.29) is 5.56 Å². The third kappa shape index (κ3) is 3.46. The summed E-state index contributed by atoms with van der Waals surface area (Å²) in [6, 6.07) is 7.00. The zero-order valence-corrected chi connectivity index (χ0v) is 9.69. The van der Waals surface area contributed by atoms with Gasteiger partial charge in [-0.1, -0.05) is 12.5 Å². The van der Waals surface area contributed by atoms with Crippen molar-refractivity contribution in [3.05, 3.63) is 29.8 Å². The lowest BCUT2D eigenvalue weighted by molar-refractivity contribution is 0.0696. The highest BCUT2D eigenvalue weighted by atomic mass is 16.5. The molecule has 92 valence electrons. The van der Waals surface area contributed by atoms with E-state index in [4.69, 9.17) is 9.84 Å². The van der Waals surface area contributed by atoms with Crippen LogP contribution in [0.2, 0.25) is 0 Å². The Morgan fingerprint density at radius 1 is 1.47 bits per heavy atom. The summed E-state index contributed by atoms with van der Waals surface area (Å²) in [5.74, 6) is -0.302. The molecule has 0 radical (unpaired) electrons. The predicted octanol–water partition coefficient (Wildman–Crippen LogP) is 1.91. The van der Waals surface area contributed by atoms with Crippen LogP contribution in [0.25, 0.3) is 0 Å². The van der Waals surface area contributed by atoms with Crippen LogP contribution in [0.5, 0.6) is 5.75 Å². The van der Waals surface area contributed by atoms with Crippen molar-refractivity contribution in [3.8, 4) is 5.75 Å². The number of hydrogen-bond acceptors (Lipinski definition) is 3. The molecule has 1 heterocycles. The summed E-state index contributed by atoms with van der Waals surface area (Å²) in [6.07, 6.45) is 3.58. The Labute approximate surface area is 101 Å². The van der Waals surface area contributed by atoms with E-state index in [1.165, 1.54) is 12.8 Å². The van der Waals surface area contributed by atoms with E-state index < -0.39 is 5.97 Å². The van der Waals surface area contributed by atoms with Gasteiger partial charge in [-0.25, -0.2) is 4.79 Å². The van der Waals surface area contributed by atoms with Crippen molar-refractivity contribution in [2.75, 3.05) is 13.2 Å². The van der Waals surface area contributed by atoms with Gasteiger partial charge in [-0.3, -0.25) is 0 Å². The molecule has 1 aliphatic rings. The maximum Gasteiger partial charge on any atom is 0.335 e. The lowest BCUT2D eigenvalue weighted by atomic mass is 10.1. The van der Waals surface area contributed by atoms with Gasteiger partial charge in [0.25, 0.3) is 0 Å². The number of carboxylic acids is 1. The number of carbonyl (C=O) groups is 1. The molecule has 1 atom stereocenters. The van der Waals surface area contributed by atoms with E-state index in [0.717, 1.165) is 13.0 Å². The quantitative estimate of drug-likeness (QED) is 0.837. The molecule has 0 saturated carbocycles. The second-order valence-electron chi connectivity index (χ2n) is 4.29. The Bertz CT molecular complexity index is 386. The first-order valence-electron chi connectivity index (χ1n) is 5.95. The van der Waals surface area contributed by atoms with Gasteiger partial charge in [0.05, 0.1) is 5.56 Å². The zero-order valence-electron chi connectivity index (χ0n) is 9.69. The number of carboxylic acid groups (broad SMARTS) is 1. The molecule has 1 saturated heterocycles. The van der Waals surface area contributed by atoms with Crippen molar-refractivity contribution >= 4 is 5.97 Å². The molecular formula is C13H17NO3. The smallest absolute Gasteiger partial charge is 0.335 e. The Morgan fingerprint density at radius 3 is 3.06 bits per heavy atom. The highest BCUT2D eigenvalue weighted by molar-refractivity contribution is 5.87. The van der Waals surface area contributed by atoms with Gasteiger partial charge in [0.2, 0.25) is 0 Å². The maximum absolute atomic E-state index is 10.8. The fourth-order valence-corrected chi connectivity index (χ4v) is 1.98. The lowest BCUT2D eigenvalue weighted by Gasteiger charge is -2.23. The van der Waals surface area contributed by atoms with Crippen LogP contribution >= 0.6 is 0 Å². The summed E-state index contributed by atoms with van der Waals surface area (Å²) in [5, 5.41) is 12.2. The van der Waals surface area contributed by atoms with Crippen molar-refractivity contribution in [2.45, 2.75) is 25.3 Å². The minimum atomic E-state index is -0.925. The maximum atomic E-state index is 10.8. The van der Waals surface area contributed by atoms with Gasteiger partial charge in [-0.05, 0) is 37.6 Å². The number of piperidine rings is 1. The van der Waals surface area contributed by atoms with Gasteiger partial charge in [0.15, 0.2) is 0 Å². The largest absolute Gasteiger partial charge is 0.492 e. The van der Waals surface area contributed by atoms with E-state index in [2.05, 4.69) is 5.32 Å². The molecule has 0 amide bonds. The molecule has 2 rings (SSSR count). The number of hydrogen-bond donors (Lipinski definition) is 2. The Balaban J connectivity index is 1.89. The monoisotopic (exact) mass is 235 g/mol. The highest BCUT2D eigenvalue weighted by Gasteiger charge is 2.13. The Kier molecular flexibility index (Phi) is 3.98. The molecular weight excluding hydrogens is 218 g/mol. The summed E-state index contributed by atoms with van der Waals surface area (Å²) in [7, 11) is 0. The SMILES string of the molecule is O=C(O)c1cccc(OCC2CCCCN2)c1. The van der Waals surface area contributed by atoms with Crippen molar-refractivity contribution < 1.29 is 14.6 Å². The molecule has 1 aliphatic heterocycles. The van der Waals surface area contributed by atoms with Crippen LogP contribution in [-0.4, -0.2) is 30.3 Å². The average molecular weight is 235 g/mol. The normalized spacial score (nSPS) is 19.9. The number of rotatable bonds is 4. The van der Waals surface area contributed by atoms with E-state index in [9.17, 15) is 4.79 Å². The average Bonchev–Trinajstić information content (AvgIpc) is 2.38. The minimum absolute atomic E-state index is 0.263. The molecule has 1 aromatic rings. The van der Waals surface area contributed by atoms with Crippen molar-refractivity contribution in [2.24, 2.45) is 0 Å². The van der Waals surface area contributed by atoms with Gasteiger partial charge in [-0.15, -0.1) is 0 Å². The van der Waals surface area contributed by atoms with Gasteiger partial charge in [0, 0.05) is 6.04 Å². The minimum Gasteiger partial charge on any atom is -0.492 e. The second kappa shape index (κ2) is 5.68. The molecule has 0 spiro atoms. The summed E-state index contributed by atoms with van der Waals surface area (Å²) < 4.78 is 5.61. The summed E-state index contributed by atoms with van der Waals surface area (Å²) in [4.78, 5) is 10.8. The van der Waals surface area contributed by atoms with Crippen LogP contribution in [0.3, 0.4) is 0 Å². The number of ether oxygens (including phenoxy) is 1. The van der Waals surface area contributed by atoms with Crippen LogP contribution in [-0.2, 0) is 0 Å². The van der Waals surface area contributed by atoms with Crippen LogP contribution < -0.4 is 10.1 Å². The predicted molar refractivity (Wildman–Crippen MR) is 64.5 cm³/mol. The molecule has 2 N–H and O–H groups in total. The van der Waals surface area contributed by atoms with Gasteiger partial charge in [-0.2, -0.15) is 0 Å². The number of nitrogens with one attached hydrogen (secondary N) is 1. The molecule has 0 aliphatic carbocycles. The van der Waals surface area contributed by atoms with Gasteiger partial charge >= 0.3 is 5.97 Å². The molecule has 17 heavy (non-hydrogen) atoms. The van der Waals surface area contributed by atoms with Crippen LogP contribution in [0.4, 0.5) is 0 Å². The molecule has 1 fully saturated rings. The van der Waals surface area contributed by atoms with Gasteiger partial charge < -0.3 is 15.2 Å². The summed E-state index contributed by atoms with van der Waals surface area (Å²) in [5.41, 5.74) is 0.263. The second-order valence-corrected chi connectivity index (χ2v) is 4.29. The molecule has 1 aromatic carbocycles. The van der Waals surface area contributed by atoms with Crippen molar-refractivity contribution in [1.82, 2.24) is 5.32 Å². The summed E-state index contributed by atoms with van der Waals surface area (Å²) >= 11 is 0. The first kappa shape index (κ1) is 11.9. The van der Waals surface area contributed by atoms with E-state index in [0.29, 0.717) is 18.4 Å². The van der Waals surface area contributed by atoms with E-state index >= 15 is 0 Å². The third-order valence-electron chi connectivity index (χ3n) is 2.94. The first-order valence-corrected chi connectivity index (χ1v) is 5.95. The number of benzene rings is 1. The molecule has 4 heteroatoms. The molecule has 0 bridgehead atoms. The first-order chi connectivity index (χ1) is 8.25. The highest BCUT2D eigenvalue weighted by Crippen LogP contribution is 2.15.